The van der Waals surface area contributed by atoms with Crippen molar-refractivity contribution in [2.24, 2.45) is 0 Å². The third kappa shape index (κ3) is 51.6. The van der Waals surface area contributed by atoms with Gasteiger partial charge in [0.15, 0.2) is 12.4 Å². The van der Waals surface area contributed by atoms with Crippen LogP contribution in [-0.2, 0) is 23.8 Å². The molecule has 0 radical (unpaired) electrons. The van der Waals surface area contributed by atoms with Gasteiger partial charge in [-0.1, -0.05) is 360 Å². The minimum absolute atomic E-state index is 0.130. The zero-order chi connectivity index (χ0) is 63.9. The van der Waals surface area contributed by atoms with Gasteiger partial charge in [-0.15, -0.1) is 0 Å². The van der Waals surface area contributed by atoms with Gasteiger partial charge in [-0.05, 0) is 51.4 Å². The lowest BCUT2D eigenvalue weighted by Crippen LogP contribution is -2.61. The fourth-order valence-electron chi connectivity index (χ4n) is 12.5. The summed E-state index contributed by atoms with van der Waals surface area (Å²) in [4.78, 5) is 26.7. The molecule has 1 aliphatic heterocycles. The van der Waals surface area contributed by atoms with Crippen molar-refractivity contribution < 1.29 is 49.3 Å². The smallest absolute Gasteiger partial charge is 0.306 e. The molecule has 88 heavy (non-hydrogen) atoms. The van der Waals surface area contributed by atoms with Crippen LogP contribution in [0.25, 0.3) is 0 Å². The van der Waals surface area contributed by atoms with Gasteiger partial charge in [0.2, 0.25) is 5.91 Å². The van der Waals surface area contributed by atoms with E-state index in [-0.39, 0.29) is 13.0 Å². The molecule has 0 aliphatic carbocycles. The highest BCUT2D eigenvalue weighted by molar-refractivity contribution is 5.80. The number of amides is 1. The van der Waals surface area contributed by atoms with E-state index >= 15 is 0 Å². The second-order valence-corrected chi connectivity index (χ2v) is 27.1. The minimum Gasteiger partial charge on any atom is -0.454 e. The zero-order valence-corrected chi connectivity index (χ0v) is 58.1. The Bertz CT molecular complexity index is 1530. The molecule has 0 aromatic carbocycles. The van der Waals surface area contributed by atoms with Crippen LogP contribution >= 0.6 is 0 Å². The maximum atomic E-state index is 13.5. The van der Waals surface area contributed by atoms with Crippen molar-refractivity contribution in [1.82, 2.24) is 5.32 Å². The number of carbonyl (C=O) groups is 2. The summed E-state index contributed by atoms with van der Waals surface area (Å²) in [5.74, 6) is -1.17. The molecule has 8 atom stereocenters. The summed E-state index contributed by atoms with van der Waals surface area (Å²) in [7, 11) is 0. The topological polar surface area (TPSA) is 175 Å². The molecular formula is C77H147NO10. The van der Waals surface area contributed by atoms with Crippen LogP contribution in [0.1, 0.15) is 393 Å². The SMILES string of the molecule is CCCCCCCC/C=C/CCCCCCCCCCCCCCCCCC(=O)OC1C(OCC(NC(=O)C(O)CCCCCCCCCCCCCCCCCCCCCCCC)C(O)/C=C/CCCCCCCCCCCC)OC(CO)C(O)C1O. The number of aliphatic hydroxyl groups is 5. The van der Waals surface area contributed by atoms with Gasteiger partial charge >= 0.3 is 5.97 Å². The van der Waals surface area contributed by atoms with Gasteiger partial charge in [0.1, 0.15) is 24.4 Å². The Labute approximate surface area is 543 Å². The van der Waals surface area contributed by atoms with E-state index in [0.29, 0.717) is 19.3 Å². The monoisotopic (exact) mass is 1250 g/mol. The third-order valence-electron chi connectivity index (χ3n) is 18.6. The van der Waals surface area contributed by atoms with E-state index < -0.39 is 67.4 Å². The fourth-order valence-corrected chi connectivity index (χ4v) is 12.5. The van der Waals surface area contributed by atoms with Gasteiger partial charge in [-0.25, -0.2) is 0 Å². The van der Waals surface area contributed by atoms with E-state index in [1.165, 1.54) is 289 Å². The van der Waals surface area contributed by atoms with Gasteiger partial charge < -0.3 is 45.1 Å². The number of esters is 1. The molecule has 520 valence electrons. The normalized spacial score (nSPS) is 18.2. The second kappa shape index (κ2) is 65.2. The molecule has 0 bridgehead atoms. The number of rotatable bonds is 68. The van der Waals surface area contributed by atoms with Crippen molar-refractivity contribution in [2.75, 3.05) is 13.2 Å². The van der Waals surface area contributed by atoms with Gasteiger partial charge in [0.25, 0.3) is 0 Å². The van der Waals surface area contributed by atoms with Crippen LogP contribution in [0.2, 0.25) is 0 Å². The average Bonchev–Trinajstić information content (AvgIpc) is 2.54. The average molecular weight is 1250 g/mol. The van der Waals surface area contributed by atoms with Crippen molar-refractivity contribution >= 4 is 11.9 Å². The number of aliphatic hydroxyl groups excluding tert-OH is 5. The van der Waals surface area contributed by atoms with Crippen LogP contribution < -0.4 is 5.32 Å². The molecule has 1 saturated heterocycles. The van der Waals surface area contributed by atoms with Crippen molar-refractivity contribution in [2.45, 2.75) is 442 Å². The van der Waals surface area contributed by atoms with Crippen molar-refractivity contribution in [3.63, 3.8) is 0 Å². The summed E-state index contributed by atoms with van der Waals surface area (Å²) in [5.41, 5.74) is 0. The molecular weight excluding hydrogens is 1100 g/mol. The van der Waals surface area contributed by atoms with E-state index in [1.807, 2.05) is 6.08 Å². The standard InChI is InChI=1S/C77H147NO10/c1-4-7-10-13-16-19-22-25-27-29-31-33-35-36-37-39-41-43-45-47-50-53-56-59-62-65-72(82)88-75-74(84)73(83)71(66-79)87-77(75)86-67-68(69(80)63-60-57-54-51-48-24-21-18-15-12-9-6-3)78-76(85)70(81)64-61-58-55-52-49-46-44-42-40-38-34-32-30-28-26-23-20-17-14-11-8-5-2/h25,27,60,63,68-71,73-75,77,79-81,83-84H,4-24,26,28-59,61-62,64-67H2,1-3H3,(H,78,85)/b27-25+,63-60+. The molecule has 0 aromatic rings. The van der Waals surface area contributed by atoms with Gasteiger partial charge in [0, 0.05) is 6.42 Å². The predicted molar refractivity (Wildman–Crippen MR) is 371 cm³/mol. The highest BCUT2D eigenvalue weighted by Gasteiger charge is 2.47. The molecule has 11 heteroatoms. The molecule has 1 aliphatic rings. The Morgan fingerprint density at radius 3 is 1.10 bits per heavy atom. The molecule has 1 amide bonds. The second-order valence-electron chi connectivity index (χ2n) is 27.1. The molecule has 1 fully saturated rings. The summed E-state index contributed by atoms with van der Waals surface area (Å²) < 4.78 is 17.7. The lowest BCUT2D eigenvalue weighted by atomic mass is 9.99. The van der Waals surface area contributed by atoms with Crippen molar-refractivity contribution in [3.8, 4) is 0 Å². The highest BCUT2D eigenvalue weighted by atomic mass is 16.7. The summed E-state index contributed by atoms with van der Waals surface area (Å²) in [6.45, 7) is 5.86. The summed E-state index contributed by atoms with van der Waals surface area (Å²) >= 11 is 0. The van der Waals surface area contributed by atoms with E-state index in [2.05, 4.69) is 38.2 Å². The molecule has 11 nitrogen and oxygen atoms in total. The number of allylic oxidation sites excluding steroid dienone is 3. The van der Waals surface area contributed by atoms with Crippen LogP contribution in [0.5, 0.6) is 0 Å². The van der Waals surface area contributed by atoms with Gasteiger partial charge in [0.05, 0.1) is 25.4 Å². The molecule has 8 unspecified atom stereocenters. The Morgan fingerprint density at radius 2 is 0.750 bits per heavy atom. The maximum Gasteiger partial charge on any atom is 0.306 e. The van der Waals surface area contributed by atoms with Gasteiger partial charge in [-0.2, -0.15) is 0 Å². The van der Waals surface area contributed by atoms with Crippen LogP contribution in [0.3, 0.4) is 0 Å². The summed E-state index contributed by atoms with van der Waals surface area (Å²) in [5, 5.41) is 57.4. The first kappa shape index (κ1) is 84.2. The first-order chi connectivity index (χ1) is 43.2. The Kier molecular flexibility index (Phi) is 62.4. The number of hydrogen-bond acceptors (Lipinski definition) is 10. The van der Waals surface area contributed by atoms with E-state index in [1.54, 1.807) is 6.08 Å². The Balaban J connectivity index is 2.50. The Hall–Kier alpha value is -1.86. The first-order valence-corrected chi connectivity index (χ1v) is 38.6. The predicted octanol–water partition coefficient (Wildman–Crippen LogP) is 20.4. The van der Waals surface area contributed by atoms with Crippen molar-refractivity contribution in [3.05, 3.63) is 24.3 Å². The number of ether oxygens (including phenoxy) is 3. The van der Waals surface area contributed by atoms with E-state index in [4.69, 9.17) is 14.2 Å². The lowest BCUT2D eigenvalue weighted by Gasteiger charge is -2.41. The molecule has 1 rings (SSSR count). The largest absolute Gasteiger partial charge is 0.454 e. The molecule has 0 saturated carbocycles. The number of nitrogens with one attached hydrogen (secondary N) is 1. The van der Waals surface area contributed by atoms with E-state index in [9.17, 15) is 35.1 Å². The molecule has 1 heterocycles. The van der Waals surface area contributed by atoms with Gasteiger partial charge in [-0.3, -0.25) is 9.59 Å². The first-order valence-electron chi connectivity index (χ1n) is 38.6. The van der Waals surface area contributed by atoms with Crippen LogP contribution in [-0.4, -0.2) is 99.6 Å². The Morgan fingerprint density at radius 1 is 0.432 bits per heavy atom. The lowest BCUT2D eigenvalue weighted by molar-refractivity contribution is -0.305. The molecule has 0 spiro atoms. The quantitative estimate of drug-likeness (QED) is 0.0195. The molecule has 0 aromatic heterocycles. The summed E-state index contributed by atoms with van der Waals surface area (Å²) in [6.07, 6.45) is 69.5. The maximum absolute atomic E-state index is 13.5. The summed E-state index contributed by atoms with van der Waals surface area (Å²) in [6, 6.07) is -1.02. The zero-order valence-electron chi connectivity index (χ0n) is 58.1. The van der Waals surface area contributed by atoms with E-state index in [0.717, 1.165) is 57.8 Å². The highest BCUT2D eigenvalue weighted by Crippen LogP contribution is 2.27. The molecule has 6 N–H and O–H groups in total. The number of unbranched alkanes of at least 4 members (excludes halogenated alkanes) is 52. The van der Waals surface area contributed by atoms with Crippen LogP contribution in [0, 0.1) is 0 Å². The van der Waals surface area contributed by atoms with Crippen LogP contribution in [0.4, 0.5) is 0 Å². The fraction of sp³-hybridized carbons (Fsp3) is 0.922. The van der Waals surface area contributed by atoms with Crippen molar-refractivity contribution in [1.29, 1.82) is 0 Å². The number of hydrogen-bond donors (Lipinski definition) is 6. The number of carbonyl (C=O) groups excluding carboxylic acids is 2. The minimum atomic E-state index is -1.61. The third-order valence-corrected chi connectivity index (χ3v) is 18.6. The van der Waals surface area contributed by atoms with Crippen LogP contribution in [0.15, 0.2) is 24.3 Å².